The molecule has 1 fully saturated rings. The summed E-state index contributed by atoms with van der Waals surface area (Å²) in [6.07, 6.45) is 4.50. The van der Waals surface area contributed by atoms with E-state index in [9.17, 15) is 13.2 Å². The van der Waals surface area contributed by atoms with Crippen LogP contribution in [0.2, 0.25) is 0 Å². The zero-order valence-electron chi connectivity index (χ0n) is 13.6. The lowest BCUT2D eigenvalue weighted by atomic mass is 10.0. The summed E-state index contributed by atoms with van der Waals surface area (Å²) in [7, 11) is -3.21. The number of hydrogen-bond acceptors (Lipinski definition) is 4. The van der Waals surface area contributed by atoms with Crippen molar-refractivity contribution in [3.05, 3.63) is 0 Å². The summed E-state index contributed by atoms with van der Waals surface area (Å²) in [5.41, 5.74) is -0.000571. The van der Waals surface area contributed by atoms with Gasteiger partial charge in [-0.3, -0.25) is 4.79 Å². The Morgan fingerprint density at radius 2 is 1.95 bits per heavy atom. The largest absolute Gasteiger partial charge is 0.338 e. The number of sulfonamides is 1. The van der Waals surface area contributed by atoms with Gasteiger partial charge in [-0.05, 0) is 40.0 Å². The first-order valence-electron chi connectivity index (χ1n) is 7.58. The smallest absolute Gasteiger partial charge is 0.224 e. The highest BCUT2D eigenvalue weighted by Gasteiger charge is 2.27. The minimum absolute atomic E-state index is 0.000571. The molecule has 1 heterocycles. The van der Waals surface area contributed by atoms with Crippen LogP contribution in [-0.2, 0) is 14.8 Å². The predicted molar refractivity (Wildman–Crippen MR) is 84.6 cm³/mol. The highest BCUT2D eigenvalue weighted by molar-refractivity contribution is 7.88. The normalized spacial score (nSPS) is 20.6. The highest BCUT2D eigenvalue weighted by atomic mass is 32.2. The van der Waals surface area contributed by atoms with Crippen LogP contribution in [-0.4, -0.2) is 56.7 Å². The van der Waals surface area contributed by atoms with Crippen molar-refractivity contribution in [3.63, 3.8) is 0 Å². The van der Waals surface area contributed by atoms with Crippen LogP contribution < -0.4 is 10.0 Å². The number of hydrogen-bond donors (Lipinski definition) is 2. The Hall–Kier alpha value is -0.660. The molecule has 124 valence electrons. The molecule has 0 aromatic rings. The van der Waals surface area contributed by atoms with E-state index < -0.39 is 10.0 Å². The van der Waals surface area contributed by atoms with Crippen LogP contribution in [0.25, 0.3) is 0 Å². The topological polar surface area (TPSA) is 78.5 Å². The Labute approximate surface area is 128 Å². The zero-order chi connectivity index (χ0) is 16.1. The van der Waals surface area contributed by atoms with Crippen LogP contribution in [0.4, 0.5) is 0 Å². The lowest BCUT2D eigenvalue weighted by Crippen LogP contribution is -2.50. The standard InChI is InChI=1S/C14H29N3O3S/c1-14(2,3)15-9-8-13(18)17-10-6-5-7-12(17)11-16-21(4,19)20/h12,15-16H,5-11H2,1-4H3. The fourth-order valence-corrected chi connectivity index (χ4v) is 2.97. The monoisotopic (exact) mass is 319 g/mol. The quantitative estimate of drug-likeness (QED) is 0.755. The van der Waals surface area contributed by atoms with Gasteiger partial charge >= 0.3 is 0 Å². The number of nitrogens with one attached hydrogen (secondary N) is 2. The molecule has 0 aromatic heterocycles. The molecule has 1 amide bonds. The van der Waals surface area contributed by atoms with E-state index in [0.717, 1.165) is 32.1 Å². The van der Waals surface area contributed by atoms with Gasteiger partial charge < -0.3 is 10.2 Å². The van der Waals surface area contributed by atoms with Gasteiger partial charge in [0, 0.05) is 37.6 Å². The van der Waals surface area contributed by atoms with Gasteiger partial charge in [0.25, 0.3) is 0 Å². The Morgan fingerprint density at radius 3 is 2.52 bits per heavy atom. The van der Waals surface area contributed by atoms with Gasteiger partial charge in [-0.2, -0.15) is 0 Å². The third-order valence-corrected chi connectivity index (χ3v) is 4.21. The molecular formula is C14H29N3O3S. The van der Waals surface area contributed by atoms with Gasteiger partial charge in [-0.1, -0.05) is 0 Å². The zero-order valence-corrected chi connectivity index (χ0v) is 14.4. The summed E-state index contributed by atoms with van der Waals surface area (Å²) in [6, 6.07) is -0.0180. The van der Waals surface area contributed by atoms with Crippen LogP contribution in [0.3, 0.4) is 0 Å². The Bertz CT molecular complexity index is 443. The second-order valence-corrected chi connectivity index (χ2v) is 8.62. The second kappa shape index (κ2) is 7.56. The van der Waals surface area contributed by atoms with Crippen LogP contribution in [0, 0.1) is 0 Å². The molecule has 6 nitrogen and oxygen atoms in total. The molecule has 0 saturated carbocycles. The van der Waals surface area contributed by atoms with E-state index in [4.69, 9.17) is 0 Å². The van der Waals surface area contributed by atoms with Crippen molar-refractivity contribution < 1.29 is 13.2 Å². The molecule has 0 aromatic carbocycles. The third kappa shape index (κ3) is 7.78. The van der Waals surface area contributed by atoms with Gasteiger partial charge in [-0.25, -0.2) is 13.1 Å². The van der Waals surface area contributed by atoms with Crippen molar-refractivity contribution in [2.45, 2.75) is 58.0 Å². The van der Waals surface area contributed by atoms with Crippen molar-refractivity contribution >= 4 is 15.9 Å². The highest BCUT2D eigenvalue weighted by Crippen LogP contribution is 2.17. The summed E-state index contributed by atoms with van der Waals surface area (Å²) in [5, 5.41) is 3.30. The number of amides is 1. The Balaban J connectivity index is 2.49. The van der Waals surface area contributed by atoms with E-state index in [2.05, 4.69) is 30.8 Å². The molecule has 0 radical (unpaired) electrons. The van der Waals surface area contributed by atoms with Crippen LogP contribution >= 0.6 is 0 Å². The van der Waals surface area contributed by atoms with E-state index in [0.29, 0.717) is 19.5 Å². The number of rotatable bonds is 6. The molecule has 1 aliphatic heterocycles. The molecule has 1 saturated heterocycles. The fraction of sp³-hybridized carbons (Fsp3) is 0.929. The molecule has 7 heteroatoms. The van der Waals surface area contributed by atoms with E-state index in [1.165, 1.54) is 0 Å². The molecule has 0 bridgehead atoms. The molecular weight excluding hydrogens is 290 g/mol. The number of piperidine rings is 1. The lowest BCUT2D eigenvalue weighted by molar-refractivity contribution is -0.134. The summed E-state index contributed by atoms with van der Waals surface area (Å²) in [5.74, 6) is 0.103. The van der Waals surface area contributed by atoms with Crippen LogP contribution in [0.15, 0.2) is 0 Å². The maximum atomic E-state index is 12.3. The predicted octanol–water partition coefficient (Wildman–Crippen LogP) is 0.695. The first-order chi connectivity index (χ1) is 9.58. The molecule has 2 N–H and O–H groups in total. The van der Waals surface area contributed by atoms with Crippen molar-refractivity contribution in [3.8, 4) is 0 Å². The van der Waals surface area contributed by atoms with Gasteiger partial charge in [0.05, 0.1) is 6.26 Å². The maximum Gasteiger partial charge on any atom is 0.224 e. The van der Waals surface area contributed by atoms with Crippen molar-refractivity contribution in [2.24, 2.45) is 0 Å². The first kappa shape index (κ1) is 18.4. The molecule has 1 atom stereocenters. The van der Waals surface area contributed by atoms with Gasteiger partial charge in [0.2, 0.25) is 15.9 Å². The van der Waals surface area contributed by atoms with Crippen molar-refractivity contribution in [1.82, 2.24) is 14.9 Å². The summed E-state index contributed by atoms with van der Waals surface area (Å²) >= 11 is 0. The van der Waals surface area contributed by atoms with Gasteiger partial charge in [0.1, 0.15) is 0 Å². The SMILES string of the molecule is CC(C)(C)NCCC(=O)N1CCCCC1CNS(C)(=O)=O. The van der Waals surface area contributed by atoms with E-state index in [1.807, 2.05) is 4.90 Å². The molecule has 0 aliphatic carbocycles. The molecule has 1 rings (SSSR count). The van der Waals surface area contributed by atoms with Crippen molar-refractivity contribution in [1.29, 1.82) is 0 Å². The molecule has 1 unspecified atom stereocenters. The Kier molecular flexibility index (Phi) is 6.62. The Morgan fingerprint density at radius 1 is 1.29 bits per heavy atom. The molecule has 21 heavy (non-hydrogen) atoms. The number of likely N-dealkylation sites (tertiary alicyclic amines) is 1. The maximum absolute atomic E-state index is 12.3. The summed E-state index contributed by atoms with van der Waals surface area (Å²) in [4.78, 5) is 14.2. The van der Waals surface area contributed by atoms with E-state index >= 15 is 0 Å². The number of carbonyl (C=O) groups is 1. The third-order valence-electron chi connectivity index (χ3n) is 3.52. The fourth-order valence-electron chi connectivity index (χ4n) is 2.48. The average Bonchev–Trinajstić information content (AvgIpc) is 2.34. The molecule has 1 aliphatic rings. The first-order valence-corrected chi connectivity index (χ1v) is 9.47. The van der Waals surface area contributed by atoms with Gasteiger partial charge in [0.15, 0.2) is 0 Å². The average molecular weight is 319 g/mol. The molecule has 0 spiro atoms. The van der Waals surface area contributed by atoms with E-state index in [1.54, 1.807) is 0 Å². The minimum atomic E-state index is -3.21. The summed E-state index contributed by atoms with van der Waals surface area (Å²) in [6.45, 7) is 7.89. The van der Waals surface area contributed by atoms with Crippen molar-refractivity contribution in [2.75, 3.05) is 25.9 Å². The van der Waals surface area contributed by atoms with E-state index in [-0.39, 0.29) is 17.5 Å². The number of nitrogens with zero attached hydrogens (tertiary/aromatic N) is 1. The second-order valence-electron chi connectivity index (χ2n) is 6.78. The lowest BCUT2D eigenvalue weighted by Gasteiger charge is -2.36. The van der Waals surface area contributed by atoms with Crippen LogP contribution in [0.1, 0.15) is 46.5 Å². The minimum Gasteiger partial charge on any atom is -0.338 e. The van der Waals surface area contributed by atoms with Gasteiger partial charge in [-0.15, -0.1) is 0 Å². The van der Waals surface area contributed by atoms with Crippen LogP contribution in [0.5, 0.6) is 0 Å². The number of carbonyl (C=O) groups excluding carboxylic acids is 1. The summed E-state index contributed by atoms with van der Waals surface area (Å²) < 4.78 is 24.9.